The van der Waals surface area contributed by atoms with Crippen molar-refractivity contribution in [1.29, 1.82) is 0 Å². The molecule has 1 aromatic rings. The van der Waals surface area contributed by atoms with Crippen LogP contribution in [0.5, 0.6) is 0 Å². The second-order valence-corrected chi connectivity index (χ2v) is 2.72. The van der Waals surface area contributed by atoms with E-state index in [0.717, 1.165) is 0 Å². The van der Waals surface area contributed by atoms with Gasteiger partial charge in [0.15, 0.2) is 0 Å². The highest BCUT2D eigenvalue weighted by atomic mass is 32.2. The van der Waals surface area contributed by atoms with Crippen LogP contribution in [-0.2, 0) is 0 Å². The maximum absolute atomic E-state index is 3.31. The van der Waals surface area contributed by atoms with Gasteiger partial charge in [-0.25, -0.2) is 5.10 Å². The van der Waals surface area contributed by atoms with Gasteiger partial charge in [-0.3, -0.25) is 0 Å². The fourth-order valence-corrected chi connectivity index (χ4v) is 1.21. The zero-order chi connectivity index (χ0) is 7.07. The summed E-state index contributed by atoms with van der Waals surface area (Å²) < 4.78 is 0. The van der Waals surface area contributed by atoms with E-state index in [1.807, 2.05) is 11.8 Å². The van der Waals surface area contributed by atoms with Crippen LogP contribution < -0.4 is 5.32 Å². The van der Waals surface area contributed by atoms with Crippen LogP contribution in [0.25, 0.3) is 0 Å². The van der Waals surface area contributed by atoms with Gasteiger partial charge >= 0.3 is 0 Å². The molecule has 6 heteroatoms. The Morgan fingerprint density at radius 2 is 2.50 bits per heavy atom. The molecular formula is C4H9N5S. The number of tetrazole rings is 1. The van der Waals surface area contributed by atoms with E-state index in [-0.39, 0.29) is 0 Å². The third-order valence-electron chi connectivity index (χ3n) is 0.897. The van der Waals surface area contributed by atoms with E-state index in [0.29, 0.717) is 0 Å². The van der Waals surface area contributed by atoms with Crippen LogP contribution >= 0.6 is 11.8 Å². The summed E-state index contributed by atoms with van der Waals surface area (Å²) in [6, 6.07) is 0. The molecule has 2 rings (SSSR count). The van der Waals surface area contributed by atoms with E-state index in [1.165, 1.54) is 24.5 Å². The molecule has 1 fully saturated rings. The molecule has 0 amide bonds. The highest BCUT2D eigenvalue weighted by Gasteiger charge is 1.93. The van der Waals surface area contributed by atoms with Crippen LogP contribution in [0.4, 0.5) is 0 Å². The second-order valence-electron chi connectivity index (χ2n) is 1.62. The molecule has 1 aliphatic heterocycles. The van der Waals surface area contributed by atoms with E-state index in [4.69, 9.17) is 0 Å². The summed E-state index contributed by atoms with van der Waals surface area (Å²) >= 11 is 1.96. The number of aromatic amines is 1. The van der Waals surface area contributed by atoms with Crippen molar-refractivity contribution in [2.75, 3.05) is 18.2 Å². The molecule has 1 saturated heterocycles. The van der Waals surface area contributed by atoms with Gasteiger partial charge in [-0.15, -0.1) is 16.9 Å². The lowest BCUT2D eigenvalue weighted by Gasteiger charge is -1.74. The van der Waals surface area contributed by atoms with Crippen LogP contribution in [0.2, 0.25) is 0 Å². The predicted octanol–water partition coefficient (Wildman–Crippen LogP) is -0.520. The maximum atomic E-state index is 3.31. The Kier molecular flexibility index (Phi) is 3.88. The molecule has 0 aromatic carbocycles. The Morgan fingerprint density at radius 3 is 2.70 bits per heavy atom. The largest absolute Gasteiger partial charge is 0.307 e. The van der Waals surface area contributed by atoms with E-state index in [1.54, 1.807) is 0 Å². The molecule has 0 unspecified atom stereocenters. The summed E-state index contributed by atoms with van der Waals surface area (Å²) in [7, 11) is 0. The SMILES string of the molecule is C1CSCN1.c1nnn[nH]1. The van der Waals surface area contributed by atoms with E-state index < -0.39 is 0 Å². The molecule has 0 aliphatic carbocycles. The van der Waals surface area contributed by atoms with Crippen molar-refractivity contribution in [2.24, 2.45) is 0 Å². The fourth-order valence-electron chi connectivity index (χ4n) is 0.490. The zero-order valence-electron chi connectivity index (χ0n) is 5.45. The van der Waals surface area contributed by atoms with Crippen LogP contribution in [-0.4, -0.2) is 38.8 Å². The minimum absolute atomic E-state index is 1.17. The summed E-state index contributed by atoms with van der Waals surface area (Å²) in [6.07, 6.45) is 1.40. The van der Waals surface area contributed by atoms with Crippen LogP contribution in [0, 0.1) is 0 Å². The van der Waals surface area contributed by atoms with Crippen molar-refractivity contribution >= 4 is 11.8 Å². The first-order valence-corrected chi connectivity index (χ1v) is 4.11. The molecule has 1 aromatic heterocycles. The van der Waals surface area contributed by atoms with Gasteiger partial charge in [0.1, 0.15) is 6.33 Å². The van der Waals surface area contributed by atoms with Gasteiger partial charge in [-0.05, 0) is 10.4 Å². The zero-order valence-corrected chi connectivity index (χ0v) is 6.27. The Balaban J connectivity index is 0.0000001000. The Hall–Kier alpha value is -0.620. The van der Waals surface area contributed by atoms with Gasteiger partial charge in [-0.2, -0.15) is 0 Å². The molecule has 1 aliphatic rings. The standard InChI is InChI=1S/C3H7NS.CH2N4/c1-2-5-3-4-1;1-2-4-5-3-1/h4H,1-3H2;1H,(H,2,3,4,5). The van der Waals surface area contributed by atoms with Gasteiger partial charge in [0.05, 0.1) is 0 Å². The lowest BCUT2D eigenvalue weighted by molar-refractivity contribution is 0.881. The number of aromatic nitrogens is 4. The number of nitrogens with one attached hydrogen (secondary N) is 2. The van der Waals surface area contributed by atoms with Gasteiger partial charge < -0.3 is 5.32 Å². The molecule has 0 saturated carbocycles. The van der Waals surface area contributed by atoms with Crippen molar-refractivity contribution in [3.05, 3.63) is 6.33 Å². The third-order valence-corrected chi connectivity index (χ3v) is 1.80. The lowest BCUT2D eigenvalue weighted by Crippen LogP contribution is -2.04. The van der Waals surface area contributed by atoms with Gasteiger partial charge in [0.25, 0.3) is 0 Å². The van der Waals surface area contributed by atoms with E-state index in [2.05, 4.69) is 25.9 Å². The molecule has 5 nitrogen and oxygen atoms in total. The summed E-state index contributed by atoms with van der Waals surface area (Å²) in [5.74, 6) is 2.47. The van der Waals surface area contributed by atoms with E-state index >= 15 is 0 Å². The predicted molar refractivity (Wildman–Crippen MR) is 39.5 cm³/mol. The Labute approximate surface area is 63.0 Å². The Bertz CT molecular complexity index is 113. The Morgan fingerprint density at radius 1 is 1.50 bits per heavy atom. The summed E-state index contributed by atoms with van der Waals surface area (Å²) in [6.45, 7) is 1.21. The summed E-state index contributed by atoms with van der Waals surface area (Å²) in [4.78, 5) is 0. The number of hydrogen-bond acceptors (Lipinski definition) is 5. The van der Waals surface area contributed by atoms with Crippen LogP contribution in [0.1, 0.15) is 0 Å². The van der Waals surface area contributed by atoms with Gasteiger partial charge in [0, 0.05) is 18.2 Å². The molecule has 0 atom stereocenters. The van der Waals surface area contributed by atoms with Crippen LogP contribution in [0.3, 0.4) is 0 Å². The number of nitrogens with zero attached hydrogens (tertiary/aromatic N) is 3. The number of H-pyrrole nitrogens is 1. The van der Waals surface area contributed by atoms with Gasteiger partial charge in [-0.1, -0.05) is 0 Å². The third kappa shape index (κ3) is 3.41. The second kappa shape index (κ2) is 5.19. The normalized spacial score (nSPS) is 16.0. The fraction of sp³-hybridized carbons (Fsp3) is 0.750. The van der Waals surface area contributed by atoms with Crippen LogP contribution in [0.15, 0.2) is 6.33 Å². The van der Waals surface area contributed by atoms with Crippen molar-refractivity contribution in [3.63, 3.8) is 0 Å². The minimum Gasteiger partial charge on any atom is -0.307 e. The van der Waals surface area contributed by atoms with Gasteiger partial charge in [0.2, 0.25) is 0 Å². The number of hydrogen-bond donors (Lipinski definition) is 2. The average molecular weight is 159 g/mol. The van der Waals surface area contributed by atoms with Crippen molar-refractivity contribution < 1.29 is 0 Å². The molecule has 0 radical (unpaired) electrons. The molecule has 2 N–H and O–H groups in total. The highest BCUT2D eigenvalue weighted by Crippen LogP contribution is 1.99. The first-order valence-electron chi connectivity index (χ1n) is 2.95. The maximum Gasteiger partial charge on any atom is 0.135 e. The number of thioether (sulfide) groups is 1. The minimum atomic E-state index is 1.17. The highest BCUT2D eigenvalue weighted by molar-refractivity contribution is 7.99. The monoisotopic (exact) mass is 159 g/mol. The molecular weight excluding hydrogens is 150 g/mol. The molecule has 10 heavy (non-hydrogen) atoms. The molecule has 56 valence electrons. The lowest BCUT2D eigenvalue weighted by atomic mass is 10.8. The number of rotatable bonds is 0. The van der Waals surface area contributed by atoms with Crippen molar-refractivity contribution in [3.8, 4) is 0 Å². The first kappa shape index (κ1) is 7.49. The average Bonchev–Trinajstić information content (AvgIpc) is 2.67. The van der Waals surface area contributed by atoms with Crippen molar-refractivity contribution in [2.45, 2.75) is 0 Å². The quantitative estimate of drug-likeness (QED) is 0.533. The van der Waals surface area contributed by atoms with E-state index in [9.17, 15) is 0 Å². The topological polar surface area (TPSA) is 66.5 Å². The molecule has 0 bridgehead atoms. The smallest absolute Gasteiger partial charge is 0.135 e. The molecule has 2 heterocycles. The summed E-state index contributed by atoms with van der Waals surface area (Å²) in [5, 5.41) is 15.3. The molecule has 0 spiro atoms. The van der Waals surface area contributed by atoms with Crippen molar-refractivity contribution in [1.82, 2.24) is 25.9 Å². The first-order chi connectivity index (χ1) is 5.00. The summed E-state index contributed by atoms with van der Waals surface area (Å²) in [5.41, 5.74) is 0.